The van der Waals surface area contributed by atoms with Gasteiger partial charge in [-0.2, -0.15) is 0 Å². The molecule has 1 saturated carbocycles. The molecular formula is C12H14O3S. The number of aryl methyl sites for hydroxylation is 1. The summed E-state index contributed by atoms with van der Waals surface area (Å²) in [6.45, 7) is 1.89. The minimum atomic E-state index is -3.43. The van der Waals surface area contributed by atoms with Crippen LogP contribution in [0.3, 0.4) is 0 Å². The first-order valence-electron chi connectivity index (χ1n) is 5.31. The molecule has 0 heterocycles. The summed E-state index contributed by atoms with van der Waals surface area (Å²) in [5.74, 6) is -0.485. The minimum Gasteiger partial charge on any atom is -0.298 e. The number of carbonyl (C=O) groups excluding carboxylic acids is 1. The third-order valence-electron chi connectivity index (χ3n) is 2.75. The molecule has 0 amide bonds. The van der Waals surface area contributed by atoms with Crippen molar-refractivity contribution in [2.75, 3.05) is 5.75 Å². The van der Waals surface area contributed by atoms with Crippen LogP contribution in [0.5, 0.6) is 0 Å². The maximum absolute atomic E-state index is 11.9. The topological polar surface area (TPSA) is 51.2 Å². The van der Waals surface area contributed by atoms with Crippen LogP contribution in [0, 0.1) is 12.8 Å². The largest absolute Gasteiger partial charge is 0.298 e. The Kier molecular flexibility index (Phi) is 2.84. The molecule has 0 saturated heterocycles. The van der Waals surface area contributed by atoms with Crippen molar-refractivity contribution >= 4 is 15.6 Å². The fraction of sp³-hybridized carbons (Fsp3) is 0.417. The van der Waals surface area contributed by atoms with Gasteiger partial charge in [0.05, 0.1) is 4.90 Å². The van der Waals surface area contributed by atoms with Crippen LogP contribution in [0.1, 0.15) is 18.4 Å². The smallest absolute Gasteiger partial charge is 0.185 e. The summed E-state index contributed by atoms with van der Waals surface area (Å²) in [6, 6.07) is 6.61. The first-order chi connectivity index (χ1) is 7.49. The highest BCUT2D eigenvalue weighted by Crippen LogP contribution is 2.30. The lowest BCUT2D eigenvalue weighted by Crippen LogP contribution is -2.17. The Morgan fingerprint density at radius 3 is 2.31 bits per heavy atom. The van der Waals surface area contributed by atoms with Crippen molar-refractivity contribution in [3.05, 3.63) is 29.8 Å². The molecule has 0 atom stereocenters. The first-order valence-corrected chi connectivity index (χ1v) is 6.96. The highest BCUT2D eigenvalue weighted by atomic mass is 32.2. The molecule has 1 aromatic carbocycles. The molecule has 0 radical (unpaired) electrons. The van der Waals surface area contributed by atoms with Crippen LogP contribution in [0.15, 0.2) is 29.2 Å². The number of sulfone groups is 1. The SMILES string of the molecule is Cc1ccc(S(=O)(=O)CC(=O)C2CC2)cc1. The van der Waals surface area contributed by atoms with Crippen molar-refractivity contribution in [2.24, 2.45) is 5.92 Å². The van der Waals surface area contributed by atoms with Gasteiger partial charge in [0.1, 0.15) is 5.75 Å². The molecule has 0 bridgehead atoms. The van der Waals surface area contributed by atoms with Gasteiger partial charge in [-0.15, -0.1) is 0 Å². The Bertz CT molecular complexity index is 496. The van der Waals surface area contributed by atoms with E-state index >= 15 is 0 Å². The molecule has 0 aliphatic heterocycles. The molecular weight excluding hydrogens is 224 g/mol. The van der Waals surface area contributed by atoms with E-state index in [0.29, 0.717) is 0 Å². The van der Waals surface area contributed by atoms with Gasteiger partial charge < -0.3 is 0 Å². The molecule has 86 valence electrons. The third kappa shape index (κ3) is 2.50. The lowest BCUT2D eigenvalue weighted by atomic mass is 10.2. The predicted octanol–water partition coefficient (Wildman–Crippen LogP) is 1.75. The van der Waals surface area contributed by atoms with Gasteiger partial charge in [0.2, 0.25) is 0 Å². The Labute approximate surface area is 95.4 Å². The quantitative estimate of drug-likeness (QED) is 0.803. The molecule has 0 unspecified atom stereocenters. The van der Waals surface area contributed by atoms with Crippen LogP contribution in [-0.2, 0) is 14.6 Å². The number of rotatable bonds is 4. The Hall–Kier alpha value is -1.16. The zero-order chi connectivity index (χ0) is 11.8. The van der Waals surface area contributed by atoms with E-state index in [1.54, 1.807) is 24.3 Å². The molecule has 16 heavy (non-hydrogen) atoms. The highest BCUT2D eigenvalue weighted by molar-refractivity contribution is 7.92. The van der Waals surface area contributed by atoms with E-state index in [4.69, 9.17) is 0 Å². The number of hydrogen-bond donors (Lipinski definition) is 0. The average Bonchev–Trinajstić information content (AvgIpc) is 3.00. The molecule has 0 N–H and O–H groups in total. The van der Waals surface area contributed by atoms with Crippen molar-refractivity contribution in [2.45, 2.75) is 24.7 Å². The lowest BCUT2D eigenvalue weighted by Gasteiger charge is -2.03. The van der Waals surface area contributed by atoms with E-state index in [0.717, 1.165) is 18.4 Å². The van der Waals surface area contributed by atoms with Gasteiger partial charge in [-0.05, 0) is 31.9 Å². The first kappa shape index (κ1) is 11.3. The van der Waals surface area contributed by atoms with Gasteiger partial charge in [0.15, 0.2) is 15.6 Å². The van der Waals surface area contributed by atoms with Gasteiger partial charge in [0.25, 0.3) is 0 Å². The fourth-order valence-corrected chi connectivity index (χ4v) is 2.87. The van der Waals surface area contributed by atoms with E-state index in [1.807, 2.05) is 6.92 Å². The van der Waals surface area contributed by atoms with Crippen LogP contribution in [-0.4, -0.2) is 20.0 Å². The van der Waals surface area contributed by atoms with Crippen LogP contribution >= 0.6 is 0 Å². The van der Waals surface area contributed by atoms with E-state index < -0.39 is 9.84 Å². The van der Waals surface area contributed by atoms with Crippen molar-refractivity contribution in [3.63, 3.8) is 0 Å². The Balaban J connectivity index is 2.17. The maximum atomic E-state index is 11.9. The molecule has 1 aromatic rings. The number of carbonyl (C=O) groups is 1. The molecule has 2 rings (SSSR count). The summed E-state index contributed by atoms with van der Waals surface area (Å²) >= 11 is 0. The van der Waals surface area contributed by atoms with E-state index in [1.165, 1.54) is 0 Å². The molecule has 0 aromatic heterocycles. The number of hydrogen-bond acceptors (Lipinski definition) is 3. The molecule has 0 spiro atoms. The Morgan fingerprint density at radius 2 is 1.81 bits per heavy atom. The van der Waals surface area contributed by atoms with Gasteiger partial charge in [-0.25, -0.2) is 8.42 Å². The molecule has 1 fully saturated rings. The number of ketones is 1. The lowest BCUT2D eigenvalue weighted by molar-refractivity contribution is -0.117. The van der Waals surface area contributed by atoms with E-state index in [-0.39, 0.29) is 22.3 Å². The van der Waals surface area contributed by atoms with Crippen LogP contribution in [0.2, 0.25) is 0 Å². The second-order valence-corrected chi connectivity index (χ2v) is 6.30. The summed E-state index contributed by atoms with van der Waals surface area (Å²) in [6.07, 6.45) is 1.70. The fourth-order valence-electron chi connectivity index (χ4n) is 1.54. The average molecular weight is 238 g/mol. The monoisotopic (exact) mass is 238 g/mol. The molecule has 3 nitrogen and oxygen atoms in total. The summed E-state index contributed by atoms with van der Waals surface area (Å²) in [5, 5.41) is 0. The normalized spacial score (nSPS) is 16.1. The van der Waals surface area contributed by atoms with Crippen LogP contribution in [0.4, 0.5) is 0 Å². The highest BCUT2D eigenvalue weighted by Gasteiger charge is 2.32. The zero-order valence-corrected chi connectivity index (χ0v) is 9.96. The molecule has 4 heteroatoms. The summed E-state index contributed by atoms with van der Waals surface area (Å²) in [4.78, 5) is 11.7. The third-order valence-corrected chi connectivity index (χ3v) is 4.40. The summed E-state index contributed by atoms with van der Waals surface area (Å²) in [7, 11) is -3.43. The molecule has 1 aliphatic carbocycles. The maximum Gasteiger partial charge on any atom is 0.185 e. The number of Topliss-reactive ketones (excluding diaryl/α,β-unsaturated/α-hetero) is 1. The van der Waals surface area contributed by atoms with Crippen molar-refractivity contribution in [1.82, 2.24) is 0 Å². The van der Waals surface area contributed by atoms with Gasteiger partial charge in [0, 0.05) is 5.92 Å². The van der Waals surface area contributed by atoms with E-state index in [2.05, 4.69) is 0 Å². The van der Waals surface area contributed by atoms with Crippen molar-refractivity contribution in [3.8, 4) is 0 Å². The van der Waals surface area contributed by atoms with Crippen LogP contribution in [0.25, 0.3) is 0 Å². The predicted molar refractivity (Wildman–Crippen MR) is 61.0 cm³/mol. The second-order valence-electron chi connectivity index (χ2n) is 4.31. The molecule has 1 aliphatic rings. The standard InChI is InChI=1S/C12H14O3S/c1-9-2-6-11(7-3-9)16(14,15)8-12(13)10-4-5-10/h2-3,6-7,10H,4-5,8H2,1H3. The minimum absolute atomic E-state index is 0.000207. The zero-order valence-electron chi connectivity index (χ0n) is 9.14. The summed E-state index contributed by atoms with van der Waals surface area (Å²) in [5.41, 5.74) is 1.01. The van der Waals surface area contributed by atoms with Crippen LogP contribution < -0.4 is 0 Å². The van der Waals surface area contributed by atoms with Gasteiger partial charge in [-0.1, -0.05) is 17.7 Å². The van der Waals surface area contributed by atoms with Gasteiger partial charge in [-0.3, -0.25) is 4.79 Å². The van der Waals surface area contributed by atoms with E-state index in [9.17, 15) is 13.2 Å². The van der Waals surface area contributed by atoms with Crippen molar-refractivity contribution < 1.29 is 13.2 Å². The second kappa shape index (κ2) is 4.01. The number of benzene rings is 1. The Morgan fingerprint density at radius 1 is 1.25 bits per heavy atom. The van der Waals surface area contributed by atoms with Crippen molar-refractivity contribution in [1.29, 1.82) is 0 Å². The van der Waals surface area contributed by atoms with Gasteiger partial charge >= 0.3 is 0 Å². The summed E-state index contributed by atoms with van der Waals surface area (Å²) < 4.78 is 23.7.